The first-order valence-electron chi connectivity index (χ1n) is 15.4. The Morgan fingerprint density at radius 2 is 1.33 bits per heavy atom. The molecule has 0 spiro atoms. The predicted octanol–water partition coefficient (Wildman–Crippen LogP) is 10.6. The van der Waals surface area contributed by atoms with Crippen molar-refractivity contribution in [3.8, 4) is 28.1 Å². The molecule has 0 saturated carbocycles. The molecule has 10 rings (SSSR count). The average molecular weight is 579 g/mol. The van der Waals surface area contributed by atoms with Crippen LogP contribution in [0.1, 0.15) is 1.37 Å². The number of furan rings is 1. The summed E-state index contributed by atoms with van der Waals surface area (Å²) in [4.78, 5) is 17.2. The van der Waals surface area contributed by atoms with E-state index in [9.17, 15) is 0 Å². The largest absolute Gasteiger partial charge is 0.455 e. The summed E-state index contributed by atoms with van der Waals surface area (Å²) in [6.45, 7) is 0. The second-order valence-corrected chi connectivity index (χ2v) is 11.3. The molecule has 210 valence electrons. The Hall–Kier alpha value is -6.20. The highest BCUT2D eigenvalue weighted by molar-refractivity contribution is 6.27. The number of aromatic nitrogens is 2. The second kappa shape index (κ2) is 9.15. The van der Waals surface area contributed by atoms with E-state index in [2.05, 4.69) is 60.7 Å². The Kier molecular flexibility index (Phi) is 4.73. The average Bonchev–Trinajstić information content (AvgIpc) is 3.50. The fraction of sp³-hybridized carbons (Fsp3) is 0. The lowest BCUT2D eigenvalue weighted by Crippen LogP contribution is -2.28. The third kappa shape index (κ3) is 3.49. The van der Waals surface area contributed by atoms with Gasteiger partial charge in [0.05, 0.1) is 18.0 Å². The summed E-state index contributed by atoms with van der Waals surface area (Å²) in [5.41, 5.74) is 6.58. The monoisotopic (exact) mass is 578 g/mol. The molecule has 2 aromatic heterocycles. The number of rotatable bonds is 2. The maximum Gasteiger partial charge on any atom is 0.265 e. The maximum atomic E-state index is 8.74. The van der Waals surface area contributed by atoms with Gasteiger partial charge < -0.3 is 9.25 Å². The lowest BCUT2D eigenvalue weighted by molar-refractivity contribution is 0.316. The minimum atomic E-state index is 0.374. The van der Waals surface area contributed by atoms with Gasteiger partial charge in [-0.2, -0.15) is 0 Å². The van der Waals surface area contributed by atoms with E-state index in [1.807, 2.05) is 66.7 Å². The number of hydrogen-bond acceptors (Lipinski definition) is 5. The fourth-order valence-electron chi connectivity index (χ4n) is 6.77. The number of anilines is 2. The summed E-state index contributed by atoms with van der Waals surface area (Å²) >= 11 is 0. The number of nitrogens with zero attached hydrogens (tertiary/aromatic N) is 3. The quantitative estimate of drug-likeness (QED) is 0.204. The molecule has 5 heteroatoms. The van der Waals surface area contributed by atoms with E-state index in [1.165, 1.54) is 0 Å². The zero-order valence-corrected chi connectivity index (χ0v) is 23.9. The zero-order valence-electron chi connectivity index (χ0n) is 24.9. The van der Waals surface area contributed by atoms with Gasteiger partial charge in [-0.25, -0.2) is 9.97 Å². The van der Waals surface area contributed by atoms with Crippen LogP contribution in [0, 0.1) is 0 Å². The van der Waals surface area contributed by atoms with Gasteiger partial charge in [-0.1, -0.05) is 115 Å². The van der Waals surface area contributed by atoms with Crippen molar-refractivity contribution < 1.29 is 10.6 Å². The number of hydrogen-bond donors (Lipinski definition) is 0. The summed E-state index contributed by atoms with van der Waals surface area (Å²) in [5.74, 6) is 1.08. The molecule has 0 fully saturated rings. The van der Waals surface area contributed by atoms with Gasteiger partial charge in [-0.15, -0.1) is 5.06 Å². The molecule has 0 amide bonds. The van der Waals surface area contributed by atoms with E-state index in [0.29, 0.717) is 23.4 Å². The standard InChI is InChI=1S/C40H23N3O2/c1-2-12-24(13-3-1)37-29-18-8-10-20-32(29)41-40(42-37)43-38-35(31-22-25-14-4-5-15-26(25)23-34(31)45-43)27-16-6-7-17-28(27)39-36(38)30-19-9-11-21-33(30)44-39/h1-23H/i12D. The van der Waals surface area contributed by atoms with E-state index in [-0.39, 0.29) is 0 Å². The van der Waals surface area contributed by atoms with Crippen molar-refractivity contribution in [1.82, 2.24) is 9.97 Å². The molecule has 7 aromatic carbocycles. The van der Waals surface area contributed by atoms with Gasteiger partial charge in [0.15, 0.2) is 5.75 Å². The number of para-hydroxylation sites is 2. The molecule has 0 N–H and O–H groups in total. The zero-order chi connectivity index (χ0) is 30.4. The molecule has 1 aliphatic heterocycles. The molecule has 0 unspecified atom stereocenters. The summed E-state index contributed by atoms with van der Waals surface area (Å²) in [7, 11) is 0. The van der Waals surface area contributed by atoms with Crippen molar-refractivity contribution in [1.29, 1.82) is 0 Å². The van der Waals surface area contributed by atoms with Crippen molar-refractivity contribution in [2.24, 2.45) is 0 Å². The third-order valence-electron chi connectivity index (χ3n) is 8.76. The molecule has 3 heterocycles. The third-order valence-corrected chi connectivity index (χ3v) is 8.76. The van der Waals surface area contributed by atoms with Crippen LogP contribution < -0.4 is 9.90 Å². The topological polar surface area (TPSA) is 51.4 Å². The Morgan fingerprint density at radius 3 is 2.20 bits per heavy atom. The Bertz CT molecular complexity index is 2720. The first kappa shape index (κ1) is 23.3. The normalized spacial score (nSPS) is 12.9. The molecule has 0 radical (unpaired) electrons. The van der Waals surface area contributed by atoms with Crippen LogP contribution in [0.5, 0.6) is 5.75 Å². The van der Waals surface area contributed by atoms with Crippen molar-refractivity contribution in [2.45, 2.75) is 0 Å². The minimum absolute atomic E-state index is 0.374. The van der Waals surface area contributed by atoms with Crippen LogP contribution >= 0.6 is 0 Å². The van der Waals surface area contributed by atoms with Crippen LogP contribution in [-0.4, -0.2) is 9.97 Å². The van der Waals surface area contributed by atoms with Gasteiger partial charge in [0.25, 0.3) is 5.95 Å². The van der Waals surface area contributed by atoms with E-state index in [0.717, 1.165) is 76.8 Å². The van der Waals surface area contributed by atoms with Crippen LogP contribution in [0.15, 0.2) is 144 Å². The maximum absolute atomic E-state index is 8.74. The highest BCUT2D eigenvalue weighted by atomic mass is 16.7. The first-order valence-corrected chi connectivity index (χ1v) is 14.9. The van der Waals surface area contributed by atoms with Crippen LogP contribution in [0.25, 0.3) is 76.8 Å². The van der Waals surface area contributed by atoms with Crippen LogP contribution in [0.4, 0.5) is 11.6 Å². The lowest BCUT2D eigenvalue weighted by Gasteiger charge is -2.32. The van der Waals surface area contributed by atoms with Gasteiger partial charge >= 0.3 is 0 Å². The van der Waals surface area contributed by atoms with Gasteiger partial charge in [0.1, 0.15) is 16.9 Å². The van der Waals surface area contributed by atoms with E-state index in [4.69, 9.17) is 20.6 Å². The molecule has 0 bridgehead atoms. The second-order valence-electron chi connectivity index (χ2n) is 11.3. The molecular formula is C40H23N3O2. The van der Waals surface area contributed by atoms with E-state index in [1.54, 1.807) is 11.1 Å². The van der Waals surface area contributed by atoms with Crippen LogP contribution in [0.3, 0.4) is 0 Å². The van der Waals surface area contributed by atoms with Gasteiger partial charge in [-0.3, -0.25) is 0 Å². The van der Waals surface area contributed by atoms with Crippen molar-refractivity contribution in [2.75, 3.05) is 5.06 Å². The SMILES string of the molecule is [2H]c1ccccc1-c1nc(N2Oc3cc4ccccc4cc3-c3c2c2c4ccccc4oc2c2ccccc32)nc2ccccc12. The Balaban J connectivity index is 1.38. The number of fused-ring (bicyclic) bond motifs is 12. The molecule has 9 aromatic rings. The molecule has 0 aliphatic carbocycles. The molecule has 0 atom stereocenters. The van der Waals surface area contributed by atoms with Gasteiger partial charge in [0.2, 0.25) is 0 Å². The highest BCUT2D eigenvalue weighted by Crippen LogP contribution is 2.54. The summed E-state index contributed by atoms with van der Waals surface area (Å²) in [6.07, 6.45) is 0. The Labute approximate surface area is 258 Å². The van der Waals surface area contributed by atoms with E-state index < -0.39 is 0 Å². The van der Waals surface area contributed by atoms with Crippen molar-refractivity contribution in [3.63, 3.8) is 0 Å². The summed E-state index contributed by atoms with van der Waals surface area (Å²) in [5, 5.41) is 8.83. The van der Waals surface area contributed by atoms with Crippen LogP contribution in [-0.2, 0) is 0 Å². The predicted molar refractivity (Wildman–Crippen MR) is 182 cm³/mol. The van der Waals surface area contributed by atoms with E-state index >= 15 is 0 Å². The van der Waals surface area contributed by atoms with Gasteiger partial charge in [-0.05, 0) is 40.4 Å². The van der Waals surface area contributed by atoms with Crippen LogP contribution in [0.2, 0.25) is 0 Å². The Morgan fingerprint density at radius 1 is 0.622 bits per heavy atom. The smallest absolute Gasteiger partial charge is 0.265 e. The molecule has 1 aliphatic rings. The van der Waals surface area contributed by atoms with Gasteiger partial charge in [0, 0.05) is 32.8 Å². The van der Waals surface area contributed by atoms with Crippen molar-refractivity contribution in [3.05, 3.63) is 140 Å². The van der Waals surface area contributed by atoms with Crippen molar-refractivity contribution >= 4 is 66.0 Å². The first-order chi connectivity index (χ1) is 22.7. The molecular weight excluding hydrogens is 554 g/mol. The molecule has 45 heavy (non-hydrogen) atoms. The lowest BCUT2D eigenvalue weighted by atomic mass is 9.90. The summed E-state index contributed by atoms with van der Waals surface area (Å²) < 4.78 is 15.3. The minimum Gasteiger partial charge on any atom is -0.455 e. The molecule has 5 nitrogen and oxygen atoms in total. The molecule has 0 saturated heterocycles. The highest BCUT2D eigenvalue weighted by Gasteiger charge is 2.34. The number of benzene rings is 7. The summed E-state index contributed by atoms with van der Waals surface area (Å²) in [6, 6.07) is 45.0. The fourth-order valence-corrected chi connectivity index (χ4v) is 6.77.